The van der Waals surface area contributed by atoms with Crippen LogP contribution in [0.1, 0.15) is 18.4 Å². The first-order valence-electron chi connectivity index (χ1n) is 4.58. The molecule has 15 heavy (non-hydrogen) atoms. The topological polar surface area (TPSA) is 80.4 Å². The van der Waals surface area contributed by atoms with Crippen molar-refractivity contribution in [1.82, 2.24) is 0 Å². The normalized spacial score (nSPS) is 14.3. The number of carbonyl (C=O) groups excluding carboxylic acids is 1. The van der Waals surface area contributed by atoms with Gasteiger partial charge in [-0.2, -0.15) is 0 Å². The fourth-order valence-corrected chi connectivity index (χ4v) is 1.50. The van der Waals surface area contributed by atoms with Crippen molar-refractivity contribution in [2.24, 2.45) is 5.73 Å². The van der Waals surface area contributed by atoms with Gasteiger partial charge in [0.25, 0.3) is 0 Å². The molecule has 0 aromatic heterocycles. The highest BCUT2D eigenvalue weighted by Crippen LogP contribution is 2.19. The molecule has 2 atom stereocenters. The summed E-state index contributed by atoms with van der Waals surface area (Å²) in [6.45, 7) is 1.35. The molecule has 4 nitrogen and oxygen atoms in total. The number of carboxylic acids is 1. The third-order valence-corrected chi connectivity index (χ3v) is 2.24. The van der Waals surface area contributed by atoms with Crippen molar-refractivity contribution in [3.63, 3.8) is 0 Å². The van der Waals surface area contributed by atoms with Crippen molar-refractivity contribution in [3.8, 4) is 0 Å². The summed E-state index contributed by atoms with van der Waals surface area (Å²) in [4.78, 5) is 22.1. The van der Waals surface area contributed by atoms with Crippen molar-refractivity contribution < 1.29 is 14.7 Å². The van der Waals surface area contributed by atoms with E-state index in [0.717, 1.165) is 0 Å². The minimum atomic E-state index is -1.19. The molecule has 0 bridgehead atoms. The van der Waals surface area contributed by atoms with E-state index in [2.05, 4.69) is 0 Å². The Morgan fingerprint density at radius 2 is 1.80 bits per heavy atom. The molecule has 1 rings (SSSR count). The molecule has 3 N–H and O–H groups in total. The summed E-state index contributed by atoms with van der Waals surface area (Å²) in [5.74, 6) is -2.18. The highest BCUT2D eigenvalue weighted by Gasteiger charge is 2.29. The van der Waals surface area contributed by atoms with Crippen LogP contribution in [0.25, 0.3) is 0 Å². The van der Waals surface area contributed by atoms with Crippen LogP contribution in [-0.2, 0) is 9.59 Å². The van der Waals surface area contributed by atoms with Gasteiger partial charge in [0.1, 0.15) is 11.8 Å². The second-order valence-corrected chi connectivity index (χ2v) is 3.36. The molecule has 1 unspecified atom stereocenters. The molecular formula is C11H13NO3. The summed E-state index contributed by atoms with van der Waals surface area (Å²) in [6, 6.07) is 7.51. The first-order chi connectivity index (χ1) is 7.04. The van der Waals surface area contributed by atoms with E-state index < -0.39 is 17.9 Å². The number of nitrogens with two attached hydrogens (primary N) is 1. The molecule has 0 fully saturated rings. The van der Waals surface area contributed by atoms with Gasteiger partial charge in [-0.1, -0.05) is 30.3 Å². The van der Waals surface area contributed by atoms with E-state index in [0.29, 0.717) is 5.56 Å². The molecule has 0 spiro atoms. The summed E-state index contributed by atoms with van der Waals surface area (Å²) in [5, 5.41) is 8.79. The number of hydrogen-bond donors (Lipinski definition) is 2. The summed E-state index contributed by atoms with van der Waals surface area (Å²) in [6.07, 6.45) is 0. The minimum Gasteiger partial charge on any atom is -0.480 e. The smallest absolute Gasteiger partial charge is 0.321 e. The third kappa shape index (κ3) is 2.63. The van der Waals surface area contributed by atoms with E-state index >= 15 is 0 Å². The lowest BCUT2D eigenvalue weighted by atomic mass is 9.89. The molecule has 0 amide bonds. The Bertz CT molecular complexity index is 361. The predicted molar refractivity (Wildman–Crippen MR) is 55.5 cm³/mol. The molecule has 4 heteroatoms. The molecule has 0 saturated heterocycles. The van der Waals surface area contributed by atoms with Crippen LogP contribution in [0, 0.1) is 0 Å². The van der Waals surface area contributed by atoms with Crippen LogP contribution in [0.2, 0.25) is 0 Å². The number of Topliss-reactive ketones (excluding diaryl/α,β-unsaturated/α-hetero) is 1. The van der Waals surface area contributed by atoms with Gasteiger partial charge < -0.3 is 10.8 Å². The zero-order valence-electron chi connectivity index (χ0n) is 8.38. The molecule has 80 valence electrons. The predicted octanol–water partition coefficient (Wildman–Crippen LogP) is 0.771. The van der Waals surface area contributed by atoms with Gasteiger partial charge in [-0.25, -0.2) is 0 Å². The maximum atomic E-state index is 11.3. The summed E-state index contributed by atoms with van der Waals surface area (Å²) in [5.41, 5.74) is 6.11. The molecule has 0 aliphatic carbocycles. The number of aliphatic carboxylic acids is 1. The lowest BCUT2D eigenvalue weighted by Gasteiger charge is -2.18. The van der Waals surface area contributed by atoms with E-state index in [4.69, 9.17) is 10.8 Å². The van der Waals surface area contributed by atoms with Gasteiger partial charge in [0.2, 0.25) is 0 Å². The van der Waals surface area contributed by atoms with Crippen molar-refractivity contribution in [1.29, 1.82) is 0 Å². The Balaban J connectivity index is 3.04. The molecule has 0 heterocycles. The largest absolute Gasteiger partial charge is 0.480 e. The van der Waals surface area contributed by atoms with Gasteiger partial charge in [0.15, 0.2) is 0 Å². The number of hydrogen-bond acceptors (Lipinski definition) is 3. The first-order valence-corrected chi connectivity index (χ1v) is 4.58. The number of carboxylic acid groups (broad SMARTS) is 1. The summed E-state index contributed by atoms with van der Waals surface area (Å²) < 4.78 is 0. The van der Waals surface area contributed by atoms with Gasteiger partial charge in [-0.05, 0) is 12.5 Å². The summed E-state index contributed by atoms with van der Waals surface area (Å²) in [7, 11) is 0. The van der Waals surface area contributed by atoms with E-state index in [1.807, 2.05) is 0 Å². The number of benzene rings is 1. The van der Waals surface area contributed by atoms with Crippen molar-refractivity contribution in [2.45, 2.75) is 18.9 Å². The average Bonchev–Trinajstić information content (AvgIpc) is 2.18. The van der Waals surface area contributed by atoms with Gasteiger partial charge >= 0.3 is 5.97 Å². The molecule has 0 aliphatic rings. The molecule has 0 radical (unpaired) electrons. The minimum absolute atomic E-state index is 0.240. The van der Waals surface area contributed by atoms with E-state index in [9.17, 15) is 9.59 Å². The van der Waals surface area contributed by atoms with Crippen molar-refractivity contribution in [2.75, 3.05) is 0 Å². The van der Waals surface area contributed by atoms with Gasteiger partial charge in [-0.3, -0.25) is 9.59 Å². The quantitative estimate of drug-likeness (QED) is 0.764. The molecule has 1 aromatic carbocycles. The first kappa shape index (κ1) is 11.4. The Kier molecular flexibility index (Phi) is 3.57. The SMILES string of the molecule is CC(=O)C(c1ccccc1)[C@H](N)C(=O)O. The fourth-order valence-electron chi connectivity index (χ4n) is 1.50. The van der Waals surface area contributed by atoms with Crippen LogP contribution >= 0.6 is 0 Å². The lowest BCUT2D eigenvalue weighted by molar-refractivity contribution is -0.140. The van der Waals surface area contributed by atoms with Crippen LogP contribution in [0.4, 0.5) is 0 Å². The second-order valence-electron chi connectivity index (χ2n) is 3.36. The van der Waals surface area contributed by atoms with Crippen molar-refractivity contribution >= 4 is 11.8 Å². The van der Waals surface area contributed by atoms with Crippen LogP contribution in [-0.4, -0.2) is 22.9 Å². The van der Waals surface area contributed by atoms with Gasteiger partial charge in [-0.15, -0.1) is 0 Å². The molecular weight excluding hydrogens is 194 g/mol. The average molecular weight is 207 g/mol. The van der Waals surface area contributed by atoms with Gasteiger partial charge in [0.05, 0.1) is 5.92 Å². The van der Waals surface area contributed by atoms with Crippen molar-refractivity contribution in [3.05, 3.63) is 35.9 Å². The second kappa shape index (κ2) is 4.70. The highest BCUT2D eigenvalue weighted by molar-refractivity contribution is 5.90. The van der Waals surface area contributed by atoms with Crippen LogP contribution in [0.3, 0.4) is 0 Å². The van der Waals surface area contributed by atoms with Crippen LogP contribution < -0.4 is 5.73 Å². The number of carbonyl (C=O) groups is 2. The Morgan fingerprint density at radius 3 is 2.20 bits per heavy atom. The maximum absolute atomic E-state index is 11.3. The number of rotatable bonds is 4. The monoisotopic (exact) mass is 207 g/mol. The standard InChI is InChI=1S/C11H13NO3/c1-7(13)9(10(12)11(14)15)8-5-3-2-4-6-8/h2-6,9-10H,12H2,1H3,(H,14,15)/t9?,10-/m0/s1. The Morgan fingerprint density at radius 1 is 1.27 bits per heavy atom. The molecule has 0 saturated carbocycles. The zero-order chi connectivity index (χ0) is 11.4. The van der Waals surface area contributed by atoms with E-state index in [-0.39, 0.29) is 5.78 Å². The Labute approximate surface area is 87.7 Å². The highest BCUT2D eigenvalue weighted by atomic mass is 16.4. The Hall–Kier alpha value is -1.68. The summed E-state index contributed by atoms with van der Waals surface area (Å²) >= 11 is 0. The molecule has 0 aliphatic heterocycles. The third-order valence-electron chi connectivity index (χ3n) is 2.24. The zero-order valence-corrected chi connectivity index (χ0v) is 8.38. The van der Waals surface area contributed by atoms with E-state index in [1.54, 1.807) is 30.3 Å². The maximum Gasteiger partial charge on any atom is 0.321 e. The van der Waals surface area contributed by atoms with Crippen LogP contribution in [0.5, 0.6) is 0 Å². The fraction of sp³-hybridized carbons (Fsp3) is 0.273. The van der Waals surface area contributed by atoms with Crippen LogP contribution in [0.15, 0.2) is 30.3 Å². The van der Waals surface area contributed by atoms with Gasteiger partial charge in [0, 0.05) is 0 Å². The van der Waals surface area contributed by atoms with E-state index in [1.165, 1.54) is 6.92 Å². The number of ketones is 1. The lowest BCUT2D eigenvalue weighted by Crippen LogP contribution is -2.39. The molecule has 1 aromatic rings.